The molecule has 1 heterocycles. The number of nitrogens with zero attached hydrogens (tertiary/aromatic N) is 2. The molecule has 1 aliphatic rings. The van der Waals surface area contributed by atoms with Gasteiger partial charge in [-0.1, -0.05) is 43.8 Å². The molecule has 20 heavy (non-hydrogen) atoms. The monoisotopic (exact) mass is 273 g/mol. The van der Waals surface area contributed by atoms with Crippen LogP contribution in [0.25, 0.3) is 0 Å². The predicted molar refractivity (Wildman–Crippen MR) is 85.9 cm³/mol. The molecule has 0 bridgehead atoms. The third-order valence-electron chi connectivity index (χ3n) is 3.93. The fourth-order valence-electron chi connectivity index (χ4n) is 2.78. The van der Waals surface area contributed by atoms with Gasteiger partial charge in [0, 0.05) is 38.8 Å². The lowest BCUT2D eigenvalue weighted by atomic mass is 10.0. The maximum absolute atomic E-state index is 4.22. The quantitative estimate of drug-likeness (QED) is 0.801. The van der Waals surface area contributed by atoms with Crippen LogP contribution in [0.1, 0.15) is 18.5 Å². The summed E-state index contributed by atoms with van der Waals surface area (Å²) in [5.74, 6) is 0. The summed E-state index contributed by atoms with van der Waals surface area (Å²) < 4.78 is 0. The Bertz CT molecular complexity index is 416. The second-order valence-corrected chi connectivity index (χ2v) is 5.69. The van der Waals surface area contributed by atoms with Gasteiger partial charge < -0.3 is 10.2 Å². The summed E-state index contributed by atoms with van der Waals surface area (Å²) >= 11 is 0. The molecule has 0 radical (unpaired) electrons. The number of hydrogen-bond acceptors (Lipinski definition) is 3. The van der Waals surface area contributed by atoms with Gasteiger partial charge in [0.05, 0.1) is 0 Å². The van der Waals surface area contributed by atoms with E-state index in [1.54, 1.807) is 0 Å². The molecule has 0 aliphatic carbocycles. The molecule has 0 amide bonds. The molecule has 0 saturated carbocycles. The van der Waals surface area contributed by atoms with Crippen molar-refractivity contribution >= 4 is 0 Å². The summed E-state index contributed by atoms with van der Waals surface area (Å²) in [5, 5.41) is 3.36. The van der Waals surface area contributed by atoms with Gasteiger partial charge in [0.15, 0.2) is 0 Å². The highest BCUT2D eigenvalue weighted by Gasteiger charge is 2.26. The van der Waals surface area contributed by atoms with Crippen LogP contribution in [0.2, 0.25) is 0 Å². The van der Waals surface area contributed by atoms with E-state index in [1.165, 1.54) is 11.1 Å². The largest absolute Gasteiger partial charge is 0.313 e. The number of benzene rings is 1. The summed E-state index contributed by atoms with van der Waals surface area (Å²) in [6.07, 6.45) is 0. The molecule has 0 spiro atoms. The lowest BCUT2D eigenvalue weighted by Gasteiger charge is -2.40. The van der Waals surface area contributed by atoms with Crippen LogP contribution in [0.5, 0.6) is 0 Å². The molecule has 1 unspecified atom stereocenters. The molecule has 1 N–H and O–H groups in total. The van der Waals surface area contributed by atoms with Crippen LogP contribution < -0.4 is 5.32 Å². The van der Waals surface area contributed by atoms with Crippen molar-refractivity contribution in [1.82, 2.24) is 15.1 Å². The summed E-state index contributed by atoms with van der Waals surface area (Å²) in [5.41, 5.74) is 2.69. The van der Waals surface area contributed by atoms with E-state index in [9.17, 15) is 0 Å². The van der Waals surface area contributed by atoms with Gasteiger partial charge in [0.2, 0.25) is 0 Å². The second kappa shape index (κ2) is 7.58. The van der Waals surface area contributed by atoms with Gasteiger partial charge in [-0.15, -0.1) is 0 Å². The topological polar surface area (TPSA) is 18.5 Å². The van der Waals surface area contributed by atoms with Crippen LogP contribution in [0.4, 0.5) is 0 Å². The fraction of sp³-hybridized carbons (Fsp3) is 0.529. The number of rotatable bonds is 6. The van der Waals surface area contributed by atoms with Crippen molar-refractivity contribution in [2.45, 2.75) is 13.0 Å². The number of likely N-dealkylation sites (N-methyl/N-ethyl adjacent to an activating group) is 2. The van der Waals surface area contributed by atoms with E-state index >= 15 is 0 Å². The van der Waals surface area contributed by atoms with Gasteiger partial charge in [0.25, 0.3) is 0 Å². The summed E-state index contributed by atoms with van der Waals surface area (Å²) in [7, 11) is 2.21. The zero-order valence-corrected chi connectivity index (χ0v) is 12.8. The van der Waals surface area contributed by atoms with Crippen LogP contribution in [-0.2, 0) is 0 Å². The van der Waals surface area contributed by atoms with Gasteiger partial charge in [-0.25, -0.2) is 0 Å². The highest BCUT2D eigenvalue weighted by Crippen LogP contribution is 2.25. The Labute approximate surface area is 123 Å². The Morgan fingerprint density at radius 1 is 1.30 bits per heavy atom. The van der Waals surface area contributed by atoms with Crippen molar-refractivity contribution in [2.24, 2.45) is 0 Å². The van der Waals surface area contributed by atoms with Crippen LogP contribution in [0, 0.1) is 0 Å². The minimum atomic E-state index is 0.480. The van der Waals surface area contributed by atoms with Crippen molar-refractivity contribution in [3.8, 4) is 0 Å². The smallest absolute Gasteiger partial charge is 0.0479 e. The number of hydrogen-bond donors (Lipinski definition) is 1. The van der Waals surface area contributed by atoms with Crippen LogP contribution in [0.15, 0.2) is 42.5 Å². The third-order valence-corrected chi connectivity index (χ3v) is 3.93. The normalized spacial score (nSPS) is 21.0. The average molecular weight is 273 g/mol. The summed E-state index contributed by atoms with van der Waals surface area (Å²) in [4.78, 5) is 4.98. The fourth-order valence-corrected chi connectivity index (χ4v) is 2.78. The van der Waals surface area contributed by atoms with Crippen LogP contribution in [0.3, 0.4) is 0 Å². The molecule has 0 aromatic heterocycles. The maximum atomic E-state index is 4.22. The molecular weight excluding hydrogens is 246 g/mol. The number of nitrogens with one attached hydrogen (secondary N) is 1. The molecule has 110 valence electrons. The zero-order valence-electron chi connectivity index (χ0n) is 12.8. The molecule has 3 nitrogen and oxygen atoms in total. The Balaban J connectivity index is 2.03. The molecule has 1 fully saturated rings. The Hall–Kier alpha value is -1.16. The zero-order chi connectivity index (χ0) is 14.4. The first-order chi connectivity index (χ1) is 9.70. The summed E-state index contributed by atoms with van der Waals surface area (Å²) in [6.45, 7) is 12.6. The molecule has 1 aromatic rings. The van der Waals surface area contributed by atoms with Crippen molar-refractivity contribution in [3.63, 3.8) is 0 Å². The van der Waals surface area contributed by atoms with Crippen molar-refractivity contribution in [3.05, 3.63) is 48.0 Å². The molecule has 1 aromatic carbocycles. The second-order valence-electron chi connectivity index (χ2n) is 5.69. The SMILES string of the molecule is C=C(CNCC)CN1CCN(C)CC1c1ccccc1. The number of piperazine rings is 1. The highest BCUT2D eigenvalue weighted by molar-refractivity contribution is 5.20. The first-order valence-electron chi connectivity index (χ1n) is 7.55. The van der Waals surface area contributed by atoms with Gasteiger partial charge in [-0.3, -0.25) is 4.90 Å². The van der Waals surface area contributed by atoms with Crippen LogP contribution in [-0.4, -0.2) is 56.1 Å². The molecule has 3 heteroatoms. The first kappa shape index (κ1) is 15.2. The Kier molecular flexibility index (Phi) is 5.77. The molecule has 1 saturated heterocycles. The van der Waals surface area contributed by atoms with Crippen LogP contribution >= 0.6 is 0 Å². The van der Waals surface area contributed by atoms with Gasteiger partial charge in [-0.05, 0) is 24.7 Å². The van der Waals surface area contributed by atoms with E-state index in [0.717, 1.165) is 39.3 Å². The van der Waals surface area contributed by atoms with Gasteiger partial charge >= 0.3 is 0 Å². The van der Waals surface area contributed by atoms with E-state index in [0.29, 0.717) is 6.04 Å². The van der Waals surface area contributed by atoms with E-state index in [-0.39, 0.29) is 0 Å². The molecule has 2 rings (SSSR count). The van der Waals surface area contributed by atoms with E-state index in [1.807, 2.05) is 0 Å². The predicted octanol–water partition coefficient (Wildman–Crippen LogP) is 2.14. The van der Waals surface area contributed by atoms with Crippen molar-refractivity contribution in [1.29, 1.82) is 0 Å². The minimum Gasteiger partial charge on any atom is -0.313 e. The van der Waals surface area contributed by atoms with Gasteiger partial charge in [-0.2, -0.15) is 0 Å². The lowest BCUT2D eigenvalue weighted by molar-refractivity contribution is 0.0983. The molecule has 1 atom stereocenters. The highest BCUT2D eigenvalue weighted by atomic mass is 15.3. The van der Waals surface area contributed by atoms with Crippen molar-refractivity contribution in [2.75, 3.05) is 46.3 Å². The molecular formula is C17H27N3. The third kappa shape index (κ3) is 4.17. The Morgan fingerprint density at radius 2 is 2.05 bits per heavy atom. The van der Waals surface area contributed by atoms with E-state index in [4.69, 9.17) is 0 Å². The minimum absolute atomic E-state index is 0.480. The first-order valence-corrected chi connectivity index (χ1v) is 7.55. The maximum Gasteiger partial charge on any atom is 0.0479 e. The van der Waals surface area contributed by atoms with Gasteiger partial charge in [0.1, 0.15) is 0 Å². The lowest BCUT2D eigenvalue weighted by Crippen LogP contribution is -2.47. The Morgan fingerprint density at radius 3 is 2.75 bits per heavy atom. The average Bonchev–Trinajstić information content (AvgIpc) is 2.48. The summed E-state index contributed by atoms with van der Waals surface area (Å²) in [6, 6.07) is 11.3. The van der Waals surface area contributed by atoms with E-state index in [2.05, 4.69) is 66.0 Å². The van der Waals surface area contributed by atoms with E-state index < -0.39 is 0 Å². The standard InChI is InChI=1S/C17H27N3/c1-4-18-12-15(2)13-20-11-10-19(3)14-17(20)16-8-6-5-7-9-16/h5-9,17-18H,2,4,10-14H2,1,3H3. The molecule has 1 aliphatic heterocycles. The van der Waals surface area contributed by atoms with Crippen molar-refractivity contribution < 1.29 is 0 Å².